The molecule has 0 spiro atoms. The van der Waals surface area contributed by atoms with Gasteiger partial charge in [0, 0.05) is 0 Å². The summed E-state index contributed by atoms with van der Waals surface area (Å²) >= 11 is 0. The quantitative estimate of drug-likeness (QED) is 0.376. The third-order valence-corrected chi connectivity index (χ3v) is 0.686. The first-order valence-electron chi connectivity index (χ1n) is 3.07. The minimum Gasteiger partial charge on any atom is -0.295 e. The van der Waals surface area contributed by atoms with E-state index < -0.39 is 0 Å². The summed E-state index contributed by atoms with van der Waals surface area (Å²) < 4.78 is 0. The lowest BCUT2D eigenvalue weighted by Gasteiger charge is -1.83. The summed E-state index contributed by atoms with van der Waals surface area (Å²) in [6, 6.07) is 0. The molecule has 0 bridgehead atoms. The highest BCUT2D eigenvalue weighted by molar-refractivity contribution is 4.88. The molecule has 0 saturated carbocycles. The zero-order chi connectivity index (χ0) is 7.82. The average molecular weight is 129 g/mol. The molecule has 0 atom stereocenters. The van der Waals surface area contributed by atoms with E-state index in [-0.39, 0.29) is 0 Å². The smallest absolute Gasteiger partial charge is 0.0208 e. The Bertz CT molecular complexity index is 263. The summed E-state index contributed by atoms with van der Waals surface area (Å²) in [4.78, 5) is 0. The van der Waals surface area contributed by atoms with Crippen LogP contribution in [-0.2, 0) is 0 Å². The topological polar surface area (TPSA) is 0 Å². The van der Waals surface area contributed by atoms with Gasteiger partial charge in [-0.1, -0.05) is 19.6 Å². The van der Waals surface area contributed by atoms with Gasteiger partial charge in [0.15, 0.2) is 0 Å². The van der Waals surface area contributed by atoms with Crippen LogP contribution in [-0.4, -0.2) is 0 Å². The van der Waals surface area contributed by atoms with Crippen LogP contribution in [0.3, 0.4) is 0 Å². The molecule has 0 amide bonds. The normalized spacial score (nSPS) is 6.30. The molecule has 0 rings (SSSR count). The third kappa shape index (κ3) is 6.64. The van der Waals surface area contributed by atoms with Crippen molar-refractivity contribution in [1.29, 1.82) is 0 Å². The highest BCUT2D eigenvalue weighted by atomic mass is 13.8. The number of hydrogen-bond donors (Lipinski definition) is 0. The van der Waals surface area contributed by atoms with Crippen LogP contribution in [0.25, 0.3) is 0 Å². The van der Waals surface area contributed by atoms with Gasteiger partial charge in [0.2, 0.25) is 0 Å². The number of rotatable bonds is 1. The zero-order valence-electron chi connectivity index (χ0n) is 6.23. The molecule has 50 valence electrons. The molecule has 0 heteroatoms. The van der Waals surface area contributed by atoms with Gasteiger partial charge in [-0.2, -0.15) is 0 Å². The van der Waals surface area contributed by atoms with E-state index in [1.807, 2.05) is 6.08 Å². The summed E-state index contributed by atoms with van der Waals surface area (Å²) in [6.07, 6.45) is 1.88. The standard InChI is InChI=1S/C10H9/c1-4-5-6-7-8-9-10(2)3/h1,9-10H,2-3H3/q-1. The Balaban J connectivity index is 4.54. The maximum absolute atomic E-state index is 4.87. The monoisotopic (exact) mass is 129 g/mol. The largest absolute Gasteiger partial charge is 0.295 e. The van der Waals surface area contributed by atoms with Crippen LogP contribution in [0.5, 0.6) is 0 Å². The van der Waals surface area contributed by atoms with E-state index in [1.165, 1.54) is 0 Å². The van der Waals surface area contributed by atoms with Crippen LogP contribution in [0.15, 0.2) is 34.7 Å². The SMILES string of the molecule is [CH-]=C=C=C=C=C=CC(C)C. The predicted molar refractivity (Wildman–Crippen MR) is 41.3 cm³/mol. The van der Waals surface area contributed by atoms with E-state index in [2.05, 4.69) is 42.5 Å². The maximum Gasteiger partial charge on any atom is -0.0208 e. The van der Waals surface area contributed by atoms with Gasteiger partial charge in [-0.15, -0.1) is 5.73 Å². The van der Waals surface area contributed by atoms with E-state index in [9.17, 15) is 0 Å². The number of allylic oxidation sites excluding steroid dienone is 1. The fourth-order valence-electron chi connectivity index (χ4n) is 0.312. The van der Waals surface area contributed by atoms with Crippen LogP contribution in [0.4, 0.5) is 0 Å². The molecule has 0 aliphatic carbocycles. The average Bonchev–Trinajstić information content (AvgIpc) is 1.87. The van der Waals surface area contributed by atoms with Crippen molar-refractivity contribution in [2.75, 3.05) is 0 Å². The van der Waals surface area contributed by atoms with E-state index in [4.69, 9.17) is 6.58 Å². The van der Waals surface area contributed by atoms with Gasteiger partial charge < -0.3 is 0 Å². The van der Waals surface area contributed by atoms with E-state index in [0.29, 0.717) is 5.92 Å². The summed E-state index contributed by atoms with van der Waals surface area (Å²) in [7, 11) is 0. The van der Waals surface area contributed by atoms with Gasteiger partial charge in [0.25, 0.3) is 0 Å². The van der Waals surface area contributed by atoms with Gasteiger partial charge >= 0.3 is 0 Å². The second-order valence-corrected chi connectivity index (χ2v) is 2.07. The van der Waals surface area contributed by atoms with Crippen molar-refractivity contribution in [1.82, 2.24) is 0 Å². The van der Waals surface area contributed by atoms with Gasteiger partial charge in [-0.05, 0) is 17.7 Å². The van der Waals surface area contributed by atoms with E-state index in [0.717, 1.165) is 0 Å². The zero-order valence-corrected chi connectivity index (χ0v) is 6.23. The maximum atomic E-state index is 4.87. The molecule has 0 aliphatic heterocycles. The van der Waals surface area contributed by atoms with E-state index >= 15 is 0 Å². The Hall–Kier alpha value is -1.36. The predicted octanol–water partition coefficient (Wildman–Crippen LogP) is 2.41. The molecule has 0 unspecified atom stereocenters. The Morgan fingerprint density at radius 2 is 1.90 bits per heavy atom. The van der Waals surface area contributed by atoms with Crippen LogP contribution < -0.4 is 0 Å². The molecule has 0 nitrogen and oxygen atoms in total. The van der Waals surface area contributed by atoms with Gasteiger partial charge in [-0.25, -0.2) is 12.3 Å². The Morgan fingerprint density at radius 3 is 2.40 bits per heavy atom. The van der Waals surface area contributed by atoms with Crippen LogP contribution in [0.2, 0.25) is 0 Å². The van der Waals surface area contributed by atoms with Crippen molar-refractivity contribution in [3.05, 3.63) is 41.3 Å². The molecule has 0 fully saturated rings. The highest BCUT2D eigenvalue weighted by Crippen LogP contribution is 1.89. The Morgan fingerprint density at radius 1 is 1.20 bits per heavy atom. The fourth-order valence-corrected chi connectivity index (χ4v) is 0.312. The molecule has 0 N–H and O–H groups in total. The first-order chi connectivity index (χ1) is 4.77. The second kappa shape index (κ2) is 5.77. The number of hydrogen-bond acceptors (Lipinski definition) is 0. The van der Waals surface area contributed by atoms with Crippen molar-refractivity contribution < 1.29 is 0 Å². The molecule has 0 aromatic heterocycles. The molecular formula is C10H9-. The van der Waals surface area contributed by atoms with Gasteiger partial charge in [-0.3, -0.25) is 5.73 Å². The first kappa shape index (κ1) is 8.64. The molecule has 0 heterocycles. The molecular weight excluding hydrogens is 120 g/mol. The summed E-state index contributed by atoms with van der Waals surface area (Å²) in [5.74, 6) is 0.486. The van der Waals surface area contributed by atoms with Crippen molar-refractivity contribution in [2.45, 2.75) is 13.8 Å². The van der Waals surface area contributed by atoms with Crippen molar-refractivity contribution in [3.63, 3.8) is 0 Å². The molecule has 0 aliphatic rings. The van der Waals surface area contributed by atoms with Crippen molar-refractivity contribution >= 4 is 0 Å². The summed E-state index contributed by atoms with van der Waals surface area (Å²) in [5, 5.41) is 0. The lowest BCUT2D eigenvalue weighted by Crippen LogP contribution is -1.72. The first-order valence-corrected chi connectivity index (χ1v) is 3.07. The van der Waals surface area contributed by atoms with Crippen LogP contribution in [0, 0.1) is 12.5 Å². The second-order valence-electron chi connectivity index (χ2n) is 2.07. The molecule has 0 radical (unpaired) electrons. The van der Waals surface area contributed by atoms with E-state index in [1.54, 1.807) is 0 Å². The Labute approximate surface area is 61.9 Å². The lowest BCUT2D eigenvalue weighted by molar-refractivity contribution is 0.833. The van der Waals surface area contributed by atoms with Crippen molar-refractivity contribution in [3.8, 4) is 0 Å². The van der Waals surface area contributed by atoms with Gasteiger partial charge in [0.05, 0.1) is 0 Å². The van der Waals surface area contributed by atoms with Gasteiger partial charge in [0.1, 0.15) is 0 Å². The summed E-state index contributed by atoms with van der Waals surface area (Å²) in [5.41, 5.74) is 12.5. The third-order valence-electron chi connectivity index (χ3n) is 0.686. The molecule has 0 aromatic carbocycles. The summed E-state index contributed by atoms with van der Waals surface area (Å²) in [6.45, 7) is 8.99. The minimum absolute atomic E-state index is 0.486. The fraction of sp³-hybridized carbons (Fsp3) is 0.300. The Kier molecular flexibility index (Phi) is 4.99. The minimum atomic E-state index is 0.486. The van der Waals surface area contributed by atoms with Crippen molar-refractivity contribution in [2.24, 2.45) is 5.92 Å². The van der Waals surface area contributed by atoms with Crippen LogP contribution in [0.1, 0.15) is 13.8 Å². The molecule has 10 heavy (non-hydrogen) atoms. The lowest BCUT2D eigenvalue weighted by atomic mass is 10.2. The highest BCUT2D eigenvalue weighted by Gasteiger charge is 1.77. The van der Waals surface area contributed by atoms with Crippen LogP contribution >= 0.6 is 0 Å². The molecule has 0 aromatic rings. The molecule has 0 saturated heterocycles.